The maximum Gasteiger partial charge on any atom is 0.529 e. The molecule has 0 spiro atoms. The van der Waals surface area contributed by atoms with Gasteiger partial charge in [0.15, 0.2) is 0 Å². The van der Waals surface area contributed by atoms with Crippen LogP contribution < -0.4 is 5.32 Å². The van der Waals surface area contributed by atoms with Crippen molar-refractivity contribution in [3.63, 3.8) is 0 Å². The molecule has 0 atom stereocenters. The molecule has 56 heavy (non-hydrogen) atoms. The summed E-state index contributed by atoms with van der Waals surface area (Å²) in [7, 11) is 1.52. The molecular weight excluding hydrogens is 927 g/mol. The van der Waals surface area contributed by atoms with Gasteiger partial charge in [0.25, 0.3) is 5.91 Å². The SMILES string of the molecule is C.C.CCC.CCC.CCC.CCC.CCNC(C)=O.CON(C)C(=O)C=C(C)OP(=O)(OC)OC.OP(O)(O)=S.OP(O)(O)=S.OP(O)(O)=S.OP(O)(O)=S. The van der Waals surface area contributed by atoms with Crippen LogP contribution in [-0.2, 0) is 79.8 Å². The van der Waals surface area contributed by atoms with Crippen LogP contribution in [-0.4, -0.2) is 111 Å². The van der Waals surface area contributed by atoms with Gasteiger partial charge in [-0.15, -0.1) is 0 Å². The number of phosphoric ester groups is 1. The Morgan fingerprint density at radius 1 is 0.589 bits per heavy atom. The van der Waals surface area contributed by atoms with Gasteiger partial charge in [-0.25, -0.2) is 9.63 Å². The molecule has 0 radical (unpaired) electrons. The first-order valence-corrected chi connectivity index (χ1v) is 27.2. The van der Waals surface area contributed by atoms with Crippen molar-refractivity contribution in [2.45, 2.75) is 117 Å². The molecule has 0 aliphatic heterocycles. The van der Waals surface area contributed by atoms with Gasteiger partial charge in [0, 0.05) is 40.8 Å². The lowest BCUT2D eigenvalue weighted by Gasteiger charge is -2.15. The maximum atomic E-state index is 11.5. The summed E-state index contributed by atoms with van der Waals surface area (Å²) in [6.45, 7) is 7.35. The minimum atomic E-state index is -3.81. The van der Waals surface area contributed by atoms with Gasteiger partial charge in [0.05, 0.1) is 7.11 Å². The summed E-state index contributed by atoms with van der Waals surface area (Å²) < 4.78 is 25.5. The van der Waals surface area contributed by atoms with Crippen LogP contribution in [0.3, 0.4) is 0 Å². The Labute approximate surface area is 357 Å². The topological polar surface area (TPSA) is 346 Å². The van der Waals surface area contributed by atoms with E-state index in [0.29, 0.717) is 0 Å². The van der Waals surface area contributed by atoms with E-state index < -0.39 is 40.6 Å². The van der Waals surface area contributed by atoms with Crippen LogP contribution in [0.1, 0.15) is 117 Å². The number of nitrogens with one attached hydrogen (secondary N) is 1. The average molecular weight is 1010 g/mol. The van der Waals surface area contributed by atoms with Gasteiger partial charge in [-0.2, -0.15) is 0 Å². The first-order chi connectivity index (χ1) is 23.8. The van der Waals surface area contributed by atoms with Crippen molar-refractivity contribution in [1.29, 1.82) is 0 Å². The molecule has 0 rings (SSSR count). The van der Waals surface area contributed by atoms with E-state index in [1.165, 1.54) is 67.9 Å². The molecule has 0 aliphatic carbocycles. The molecule has 0 aromatic rings. The van der Waals surface area contributed by atoms with Crippen LogP contribution in [0.2, 0.25) is 0 Å². The van der Waals surface area contributed by atoms with E-state index in [4.69, 9.17) is 63.2 Å². The van der Waals surface area contributed by atoms with Gasteiger partial charge in [-0.1, -0.05) is 95.9 Å². The standard InChI is InChI=1S/C8H16NO6P.C4H9NO.4C3H8.2CH4.4H3O3PS/c1-7(6-8(10)9(2)12-3)15-16(11,13-4)14-5;1-3-5-4(2)6;4*1-3-2;;;4*1-4(2,3)5/h6H,1-5H3;3H2,1-2H3,(H,5,6);4*3H2,1-2H3;2*1H4;4*(H3,1,2,3,5). The van der Waals surface area contributed by atoms with E-state index in [9.17, 15) is 14.2 Å². The molecule has 13 N–H and O–H groups in total. The number of likely N-dealkylation sites (N-methyl/N-ethyl adjacent to an activating group) is 1. The molecule has 0 fully saturated rings. The summed E-state index contributed by atoms with van der Waals surface area (Å²) in [5.74, 6) is -0.322. The lowest BCUT2D eigenvalue weighted by Crippen LogP contribution is -2.23. The van der Waals surface area contributed by atoms with E-state index >= 15 is 0 Å². The molecule has 21 nitrogen and oxygen atoms in total. The molecule has 354 valence electrons. The van der Waals surface area contributed by atoms with Gasteiger partial charge in [0.2, 0.25) is 5.91 Å². The highest BCUT2D eigenvalue weighted by atomic mass is 32.5. The van der Waals surface area contributed by atoms with E-state index in [1.54, 1.807) is 0 Å². The van der Waals surface area contributed by atoms with Gasteiger partial charge in [-0.3, -0.25) is 23.5 Å². The van der Waals surface area contributed by atoms with Crippen molar-refractivity contribution in [1.82, 2.24) is 10.4 Å². The van der Waals surface area contributed by atoms with Gasteiger partial charge < -0.3 is 68.6 Å². The molecule has 0 aromatic carbocycles. The number of allylic oxidation sites excluding steroid dienone is 1. The third-order valence-electron chi connectivity index (χ3n) is 2.04. The number of amides is 2. The van der Waals surface area contributed by atoms with Gasteiger partial charge in [0.1, 0.15) is 5.76 Å². The second-order valence-electron chi connectivity index (χ2n) is 8.64. The average Bonchev–Trinajstić information content (AvgIpc) is 2.91. The summed E-state index contributed by atoms with van der Waals surface area (Å²) in [6.07, 6.45) is 6.11. The third kappa shape index (κ3) is 258. The molecule has 30 heteroatoms. The Bertz CT molecular complexity index is 962. The summed E-state index contributed by atoms with van der Waals surface area (Å²) in [4.78, 5) is 117. The largest absolute Gasteiger partial charge is 0.529 e. The Kier molecular flexibility index (Phi) is 90.9. The first-order valence-electron chi connectivity index (χ1n) is 15.1. The maximum absolute atomic E-state index is 11.5. The van der Waals surface area contributed by atoms with E-state index in [-0.39, 0.29) is 26.5 Å². The minimum Gasteiger partial charge on any atom is -0.409 e. The molecule has 2 amide bonds. The van der Waals surface area contributed by atoms with Crippen LogP contribution in [0, 0.1) is 0 Å². The van der Waals surface area contributed by atoms with Crippen LogP contribution in [0.4, 0.5) is 0 Å². The minimum absolute atomic E-state index is 0. The Morgan fingerprint density at radius 2 is 0.786 bits per heavy atom. The fourth-order valence-corrected chi connectivity index (χ4v) is 1.66. The van der Waals surface area contributed by atoms with E-state index in [1.807, 2.05) is 6.92 Å². The molecule has 0 bridgehead atoms. The van der Waals surface area contributed by atoms with Crippen LogP contribution in [0.25, 0.3) is 0 Å². The highest BCUT2D eigenvalue weighted by molar-refractivity contribution is 8.07. The summed E-state index contributed by atoms with van der Waals surface area (Å²) in [6, 6.07) is 0. The Balaban J connectivity index is -0.0000000413. The van der Waals surface area contributed by atoms with Crippen molar-refractivity contribution in [2.75, 3.05) is 34.9 Å². The summed E-state index contributed by atoms with van der Waals surface area (Å²) >= 11 is 14.4. The molecular formula is C26H77N2O19P5S4. The number of hydroxylamine groups is 2. The number of carbonyl (C=O) groups is 2. The highest BCUT2D eigenvalue weighted by Gasteiger charge is 2.24. The molecule has 0 aromatic heterocycles. The summed E-state index contributed by atoms with van der Waals surface area (Å²) in [5, 5.41) is 3.55. The smallest absolute Gasteiger partial charge is 0.409 e. The predicted molar refractivity (Wildman–Crippen MR) is 242 cm³/mol. The summed E-state index contributed by atoms with van der Waals surface area (Å²) in [5.41, 5.74) is 0. The zero-order chi connectivity index (χ0) is 46.6. The second-order valence-corrected chi connectivity index (χ2v) is 20.4. The Hall–Kier alpha value is 0.710. The van der Waals surface area contributed by atoms with Crippen molar-refractivity contribution in [3.05, 3.63) is 11.8 Å². The molecule has 0 saturated heterocycles. The zero-order valence-corrected chi connectivity index (χ0v) is 41.4. The quantitative estimate of drug-likeness (QED) is 0.0678. The normalized spacial score (nSPS) is 9.88. The Morgan fingerprint density at radius 3 is 0.893 bits per heavy atom. The lowest BCUT2D eigenvalue weighted by molar-refractivity contribution is -0.162. The fraction of sp³-hybridized carbons (Fsp3) is 0.846. The van der Waals surface area contributed by atoms with Crippen LogP contribution >= 0.6 is 34.7 Å². The predicted octanol–water partition coefficient (Wildman–Crippen LogP) is 5.16. The number of carbonyl (C=O) groups excluding carboxylic acids is 2. The monoisotopic (exact) mass is 1000 g/mol. The van der Waals surface area contributed by atoms with Crippen molar-refractivity contribution < 1.29 is 91.3 Å². The van der Waals surface area contributed by atoms with Crippen molar-refractivity contribution in [3.8, 4) is 0 Å². The van der Waals surface area contributed by atoms with Crippen LogP contribution in [0.15, 0.2) is 11.8 Å². The molecule has 0 saturated carbocycles. The number of rotatable bonds is 7. The van der Waals surface area contributed by atoms with Gasteiger partial charge in [-0.05, 0) is 61.1 Å². The number of hydrogen-bond acceptors (Lipinski definition) is 11. The number of nitrogens with zero attached hydrogens (tertiary/aromatic N) is 1. The molecule has 0 heterocycles. The zero-order valence-electron chi connectivity index (χ0n) is 33.7. The van der Waals surface area contributed by atoms with E-state index in [0.717, 1.165) is 17.7 Å². The molecule has 0 unspecified atom stereocenters. The van der Waals surface area contributed by atoms with Crippen molar-refractivity contribution >= 4 is 93.7 Å². The lowest BCUT2D eigenvalue weighted by atomic mass is 10.4. The van der Waals surface area contributed by atoms with Crippen molar-refractivity contribution in [2.24, 2.45) is 0 Å². The molecule has 0 aliphatic rings. The second kappa shape index (κ2) is 57.8. The van der Waals surface area contributed by atoms with E-state index in [2.05, 4.69) is 122 Å². The number of phosphoric acid groups is 1. The third-order valence-corrected chi connectivity index (χ3v) is 3.45. The first kappa shape index (κ1) is 88.0. The van der Waals surface area contributed by atoms with Crippen LogP contribution in [0.5, 0.6) is 0 Å². The van der Waals surface area contributed by atoms with Gasteiger partial charge >= 0.3 is 34.7 Å². The fourth-order valence-electron chi connectivity index (χ4n) is 0.955. The highest BCUT2D eigenvalue weighted by Crippen LogP contribution is 2.49. The number of hydrogen-bond donors (Lipinski definition) is 13.